The van der Waals surface area contributed by atoms with Gasteiger partial charge in [-0.2, -0.15) is 0 Å². The van der Waals surface area contributed by atoms with Gasteiger partial charge in [0.05, 0.1) is 4.88 Å². The number of rotatable bonds is 1. The van der Waals surface area contributed by atoms with E-state index in [-0.39, 0.29) is 0 Å². The highest BCUT2D eigenvalue weighted by atomic mass is 79.9. The van der Waals surface area contributed by atoms with E-state index < -0.39 is 0 Å². The molecule has 0 spiro atoms. The third kappa shape index (κ3) is 2.18. The van der Waals surface area contributed by atoms with E-state index in [1.54, 1.807) is 11.3 Å². The summed E-state index contributed by atoms with van der Waals surface area (Å²) in [5.74, 6) is 0. The topological polar surface area (TPSA) is 12.9 Å². The molecule has 0 amide bonds. The first-order chi connectivity index (χ1) is 6.25. The molecule has 1 heterocycles. The highest BCUT2D eigenvalue weighted by Gasteiger charge is 2.01. The monoisotopic (exact) mass is 317 g/mol. The fourth-order valence-corrected chi connectivity index (χ4v) is 2.69. The summed E-state index contributed by atoms with van der Waals surface area (Å²) in [6.07, 6.45) is 1.87. The molecule has 1 aromatic heterocycles. The van der Waals surface area contributed by atoms with E-state index in [1.165, 1.54) is 10.4 Å². The number of hydrogen-bond donors (Lipinski definition) is 0. The molecule has 0 fully saturated rings. The lowest BCUT2D eigenvalue weighted by molar-refractivity contribution is 1.38. The van der Waals surface area contributed by atoms with Crippen LogP contribution < -0.4 is 0 Å². The van der Waals surface area contributed by atoms with Crippen LogP contribution in [-0.2, 0) is 0 Å². The molecule has 0 aliphatic heterocycles. The van der Waals surface area contributed by atoms with Crippen LogP contribution in [0.1, 0.15) is 0 Å². The quantitative estimate of drug-likeness (QED) is 0.762. The van der Waals surface area contributed by atoms with Gasteiger partial charge in [-0.1, -0.05) is 28.1 Å². The first-order valence-corrected chi connectivity index (χ1v) is 6.03. The first-order valence-electron chi connectivity index (χ1n) is 3.63. The summed E-state index contributed by atoms with van der Waals surface area (Å²) in [7, 11) is 0. The molecular formula is C9H5Br2NS. The van der Waals surface area contributed by atoms with Crippen LogP contribution >= 0.6 is 43.2 Å². The SMILES string of the molecule is Brc1cccc(-c2cnc(Br)s2)c1. The van der Waals surface area contributed by atoms with Crippen LogP contribution in [0.3, 0.4) is 0 Å². The number of hydrogen-bond acceptors (Lipinski definition) is 2. The third-order valence-corrected chi connectivity index (χ3v) is 3.61. The summed E-state index contributed by atoms with van der Waals surface area (Å²) in [5, 5.41) is 0. The molecule has 0 unspecified atom stereocenters. The van der Waals surface area contributed by atoms with Gasteiger partial charge in [0.1, 0.15) is 0 Å². The smallest absolute Gasteiger partial charge is 0.159 e. The van der Waals surface area contributed by atoms with Gasteiger partial charge in [-0.05, 0) is 33.6 Å². The van der Waals surface area contributed by atoms with E-state index in [1.807, 2.05) is 18.3 Å². The second kappa shape index (κ2) is 3.90. The maximum atomic E-state index is 4.14. The minimum Gasteiger partial charge on any atom is -0.237 e. The van der Waals surface area contributed by atoms with Crippen molar-refractivity contribution < 1.29 is 0 Å². The largest absolute Gasteiger partial charge is 0.237 e. The number of benzene rings is 1. The van der Waals surface area contributed by atoms with E-state index in [9.17, 15) is 0 Å². The summed E-state index contributed by atoms with van der Waals surface area (Å²) < 4.78 is 2.01. The van der Waals surface area contributed by atoms with Gasteiger partial charge in [-0.25, -0.2) is 4.98 Å². The van der Waals surface area contributed by atoms with Crippen LogP contribution in [0, 0.1) is 0 Å². The lowest BCUT2D eigenvalue weighted by Gasteiger charge is -1.95. The summed E-state index contributed by atoms with van der Waals surface area (Å²) in [6.45, 7) is 0. The van der Waals surface area contributed by atoms with Crippen molar-refractivity contribution in [3.8, 4) is 10.4 Å². The Hall–Kier alpha value is -0.190. The van der Waals surface area contributed by atoms with Crippen molar-refractivity contribution in [3.63, 3.8) is 0 Å². The predicted molar refractivity (Wildman–Crippen MR) is 63.0 cm³/mol. The van der Waals surface area contributed by atoms with Gasteiger partial charge in [-0.3, -0.25) is 0 Å². The van der Waals surface area contributed by atoms with Gasteiger partial charge in [0.25, 0.3) is 0 Å². The second-order valence-corrected chi connectivity index (χ2v) is 5.71. The van der Waals surface area contributed by atoms with Crippen molar-refractivity contribution in [2.75, 3.05) is 0 Å². The molecule has 0 bridgehead atoms. The fourth-order valence-electron chi connectivity index (χ4n) is 1.03. The van der Waals surface area contributed by atoms with Gasteiger partial charge < -0.3 is 0 Å². The second-order valence-electron chi connectivity index (χ2n) is 2.49. The Morgan fingerprint density at radius 1 is 1.23 bits per heavy atom. The molecule has 0 saturated heterocycles. The molecule has 13 heavy (non-hydrogen) atoms. The molecular weight excluding hydrogens is 314 g/mol. The summed E-state index contributed by atoms with van der Waals surface area (Å²) in [6, 6.07) is 8.19. The average molecular weight is 319 g/mol. The summed E-state index contributed by atoms with van der Waals surface area (Å²) in [5.41, 5.74) is 1.19. The molecule has 0 saturated carbocycles. The van der Waals surface area contributed by atoms with Gasteiger partial charge in [0, 0.05) is 10.7 Å². The van der Waals surface area contributed by atoms with Crippen molar-refractivity contribution in [1.82, 2.24) is 4.98 Å². The minimum atomic E-state index is 0.919. The van der Waals surface area contributed by atoms with Gasteiger partial charge in [-0.15, -0.1) is 11.3 Å². The Labute approximate surface area is 97.1 Å². The van der Waals surface area contributed by atoms with Crippen LogP contribution in [0.5, 0.6) is 0 Å². The Kier molecular flexibility index (Phi) is 2.81. The molecule has 0 N–H and O–H groups in total. The van der Waals surface area contributed by atoms with Gasteiger partial charge in [0.15, 0.2) is 3.92 Å². The fraction of sp³-hybridized carbons (Fsp3) is 0. The lowest BCUT2D eigenvalue weighted by Crippen LogP contribution is -1.70. The summed E-state index contributed by atoms with van der Waals surface area (Å²) >= 11 is 8.42. The highest BCUT2D eigenvalue weighted by molar-refractivity contribution is 9.11. The number of aromatic nitrogens is 1. The molecule has 1 aromatic carbocycles. The Morgan fingerprint density at radius 2 is 2.08 bits per heavy atom. The van der Waals surface area contributed by atoms with Crippen molar-refractivity contribution >= 4 is 43.2 Å². The minimum absolute atomic E-state index is 0.919. The van der Waals surface area contributed by atoms with Crippen molar-refractivity contribution in [3.05, 3.63) is 38.9 Å². The zero-order valence-electron chi connectivity index (χ0n) is 6.50. The first kappa shape index (κ1) is 9.37. The van der Waals surface area contributed by atoms with Crippen LogP contribution in [-0.4, -0.2) is 4.98 Å². The highest BCUT2D eigenvalue weighted by Crippen LogP contribution is 2.30. The molecule has 0 aliphatic rings. The van der Waals surface area contributed by atoms with E-state index in [0.29, 0.717) is 0 Å². The van der Waals surface area contributed by atoms with Gasteiger partial charge in [0.2, 0.25) is 0 Å². The van der Waals surface area contributed by atoms with E-state index >= 15 is 0 Å². The molecule has 0 atom stereocenters. The van der Waals surface area contributed by atoms with Gasteiger partial charge >= 0.3 is 0 Å². The maximum absolute atomic E-state index is 4.14. The number of thiazole rings is 1. The number of nitrogens with zero attached hydrogens (tertiary/aromatic N) is 1. The molecule has 0 radical (unpaired) electrons. The van der Waals surface area contributed by atoms with Crippen LogP contribution in [0.15, 0.2) is 38.9 Å². The zero-order chi connectivity index (χ0) is 9.26. The molecule has 66 valence electrons. The normalized spacial score (nSPS) is 10.3. The van der Waals surface area contributed by atoms with Crippen LogP contribution in [0.2, 0.25) is 0 Å². The average Bonchev–Trinajstić information content (AvgIpc) is 2.52. The molecule has 0 aliphatic carbocycles. The van der Waals surface area contributed by atoms with Crippen molar-refractivity contribution in [2.45, 2.75) is 0 Å². The Balaban J connectivity index is 2.46. The van der Waals surface area contributed by atoms with Crippen LogP contribution in [0.25, 0.3) is 10.4 Å². The van der Waals surface area contributed by atoms with Crippen molar-refractivity contribution in [2.24, 2.45) is 0 Å². The molecule has 2 aromatic rings. The molecule has 2 rings (SSSR count). The van der Waals surface area contributed by atoms with Crippen LogP contribution in [0.4, 0.5) is 0 Å². The van der Waals surface area contributed by atoms with Crippen molar-refractivity contribution in [1.29, 1.82) is 0 Å². The number of halogens is 2. The van der Waals surface area contributed by atoms with E-state index in [0.717, 1.165) is 8.39 Å². The summed E-state index contributed by atoms with van der Waals surface area (Å²) in [4.78, 5) is 5.32. The molecule has 4 heteroatoms. The predicted octanol–water partition coefficient (Wildman–Crippen LogP) is 4.34. The Bertz CT molecular complexity index is 425. The lowest BCUT2D eigenvalue weighted by atomic mass is 10.2. The zero-order valence-corrected chi connectivity index (χ0v) is 10.5. The standard InChI is InChI=1S/C9H5Br2NS/c10-7-3-1-2-6(4-7)8-5-12-9(11)13-8/h1-5H. The Morgan fingerprint density at radius 3 is 2.69 bits per heavy atom. The maximum Gasteiger partial charge on any atom is 0.159 e. The van der Waals surface area contributed by atoms with E-state index in [4.69, 9.17) is 0 Å². The third-order valence-electron chi connectivity index (χ3n) is 1.59. The molecule has 1 nitrogen and oxygen atoms in total. The van der Waals surface area contributed by atoms with E-state index in [2.05, 4.69) is 49.0 Å².